The van der Waals surface area contributed by atoms with Crippen molar-refractivity contribution in [3.8, 4) is 0 Å². The molecule has 0 bridgehead atoms. The van der Waals surface area contributed by atoms with Gasteiger partial charge in [-0.3, -0.25) is 4.90 Å². The van der Waals surface area contributed by atoms with Crippen LogP contribution in [-0.4, -0.2) is 79.6 Å². The molecule has 112 valence electrons. The van der Waals surface area contributed by atoms with Crippen molar-refractivity contribution in [1.29, 1.82) is 0 Å². The second-order valence-corrected chi connectivity index (χ2v) is 4.63. The zero-order chi connectivity index (χ0) is 14.1. The van der Waals surface area contributed by atoms with Crippen molar-refractivity contribution >= 4 is 6.09 Å². The normalized spacial score (nSPS) is 18.4. The van der Waals surface area contributed by atoms with Crippen molar-refractivity contribution in [3.05, 3.63) is 0 Å². The van der Waals surface area contributed by atoms with Gasteiger partial charge in [0, 0.05) is 39.3 Å². The van der Waals surface area contributed by atoms with E-state index in [1.54, 1.807) is 4.90 Å². The largest absolute Gasteiger partial charge is 0.450 e. The molecule has 0 aromatic carbocycles. The Morgan fingerprint density at radius 2 is 1.89 bits per heavy atom. The van der Waals surface area contributed by atoms with Crippen LogP contribution in [0.4, 0.5) is 4.79 Å². The van der Waals surface area contributed by atoms with E-state index < -0.39 is 6.10 Å². The van der Waals surface area contributed by atoms with Gasteiger partial charge >= 0.3 is 6.09 Å². The van der Waals surface area contributed by atoms with Gasteiger partial charge in [0.25, 0.3) is 0 Å². The van der Waals surface area contributed by atoms with Gasteiger partial charge < -0.3 is 19.5 Å². The summed E-state index contributed by atoms with van der Waals surface area (Å²) >= 11 is 0. The molecule has 1 unspecified atom stereocenters. The lowest BCUT2D eigenvalue weighted by Crippen LogP contribution is -2.49. The molecular weight excluding hydrogens is 248 g/mol. The Morgan fingerprint density at radius 3 is 2.47 bits per heavy atom. The standard InChI is InChI=1S/C13H26N2O4/c1-3-18-11-12(16)5-6-14-7-9-15(10-8-14)13(17)19-4-2/h12,16H,3-11H2,1-2H3. The van der Waals surface area contributed by atoms with Crippen LogP contribution in [-0.2, 0) is 9.47 Å². The molecule has 0 aromatic rings. The van der Waals surface area contributed by atoms with Crippen LogP contribution in [0.5, 0.6) is 0 Å². The number of hydrogen-bond acceptors (Lipinski definition) is 5. The molecule has 0 radical (unpaired) electrons. The van der Waals surface area contributed by atoms with Gasteiger partial charge in [-0.15, -0.1) is 0 Å². The average Bonchev–Trinajstić information content (AvgIpc) is 2.43. The minimum absolute atomic E-state index is 0.224. The molecule has 1 N–H and O–H groups in total. The average molecular weight is 274 g/mol. The zero-order valence-corrected chi connectivity index (χ0v) is 12.0. The predicted molar refractivity (Wildman–Crippen MR) is 72.2 cm³/mol. The van der Waals surface area contributed by atoms with E-state index in [4.69, 9.17) is 9.47 Å². The third-order valence-corrected chi connectivity index (χ3v) is 3.19. The topological polar surface area (TPSA) is 62.2 Å². The maximum absolute atomic E-state index is 11.5. The number of carbonyl (C=O) groups excluding carboxylic acids is 1. The summed E-state index contributed by atoms with van der Waals surface area (Å²) in [6.07, 6.45) is 0.0842. The Bertz CT molecular complexity index is 255. The lowest BCUT2D eigenvalue weighted by Gasteiger charge is -2.34. The second-order valence-electron chi connectivity index (χ2n) is 4.63. The van der Waals surface area contributed by atoms with Crippen LogP contribution >= 0.6 is 0 Å². The summed E-state index contributed by atoms with van der Waals surface area (Å²) < 4.78 is 10.1. The van der Waals surface area contributed by atoms with E-state index in [1.807, 2.05) is 13.8 Å². The molecule has 1 heterocycles. The monoisotopic (exact) mass is 274 g/mol. The van der Waals surface area contributed by atoms with Crippen LogP contribution < -0.4 is 0 Å². The fourth-order valence-corrected chi connectivity index (χ4v) is 2.04. The minimum Gasteiger partial charge on any atom is -0.450 e. The van der Waals surface area contributed by atoms with E-state index in [2.05, 4.69) is 4.90 Å². The molecule has 0 aliphatic carbocycles. The Morgan fingerprint density at radius 1 is 1.21 bits per heavy atom. The zero-order valence-electron chi connectivity index (χ0n) is 12.0. The molecule has 1 atom stereocenters. The maximum Gasteiger partial charge on any atom is 0.409 e. The highest BCUT2D eigenvalue weighted by molar-refractivity contribution is 5.67. The van der Waals surface area contributed by atoms with E-state index in [1.165, 1.54) is 0 Å². The lowest BCUT2D eigenvalue weighted by atomic mass is 10.2. The van der Waals surface area contributed by atoms with Gasteiger partial charge in [-0.1, -0.05) is 0 Å². The van der Waals surface area contributed by atoms with Crippen molar-refractivity contribution in [2.24, 2.45) is 0 Å². The first-order chi connectivity index (χ1) is 9.17. The van der Waals surface area contributed by atoms with Gasteiger partial charge in [-0.25, -0.2) is 4.79 Å². The Kier molecular flexibility index (Phi) is 7.78. The minimum atomic E-state index is -0.400. The number of amides is 1. The summed E-state index contributed by atoms with van der Waals surface area (Å²) in [4.78, 5) is 15.5. The molecule has 6 nitrogen and oxygen atoms in total. The summed E-state index contributed by atoms with van der Waals surface area (Å²) in [5, 5.41) is 9.68. The van der Waals surface area contributed by atoms with Gasteiger partial charge in [0.15, 0.2) is 0 Å². The van der Waals surface area contributed by atoms with Gasteiger partial charge in [0.05, 0.1) is 19.3 Å². The SMILES string of the molecule is CCOCC(O)CCN1CCN(C(=O)OCC)CC1. The number of aliphatic hydroxyl groups is 1. The number of piperazine rings is 1. The summed E-state index contributed by atoms with van der Waals surface area (Å²) in [5.74, 6) is 0. The van der Waals surface area contributed by atoms with E-state index in [0.717, 1.165) is 19.6 Å². The number of rotatable bonds is 7. The van der Waals surface area contributed by atoms with Crippen molar-refractivity contribution in [2.45, 2.75) is 26.4 Å². The van der Waals surface area contributed by atoms with Crippen LogP contribution in [0.2, 0.25) is 0 Å². The van der Waals surface area contributed by atoms with Gasteiger partial charge in [0.2, 0.25) is 0 Å². The molecule has 1 saturated heterocycles. The molecule has 1 aliphatic rings. The number of aliphatic hydroxyl groups excluding tert-OH is 1. The number of hydrogen-bond donors (Lipinski definition) is 1. The number of nitrogens with zero attached hydrogens (tertiary/aromatic N) is 2. The summed E-state index contributed by atoms with van der Waals surface area (Å²) in [6.45, 7) is 9.08. The summed E-state index contributed by atoms with van der Waals surface area (Å²) in [6, 6.07) is 0. The van der Waals surface area contributed by atoms with Crippen molar-refractivity contribution in [2.75, 3.05) is 52.5 Å². The molecule has 0 aromatic heterocycles. The summed E-state index contributed by atoms with van der Waals surface area (Å²) in [7, 11) is 0. The Hall–Kier alpha value is -0.850. The van der Waals surface area contributed by atoms with Crippen LogP contribution in [0.15, 0.2) is 0 Å². The first-order valence-corrected chi connectivity index (χ1v) is 7.07. The van der Waals surface area contributed by atoms with Crippen LogP contribution in [0.25, 0.3) is 0 Å². The van der Waals surface area contributed by atoms with Crippen molar-refractivity contribution in [1.82, 2.24) is 9.80 Å². The third-order valence-electron chi connectivity index (χ3n) is 3.19. The van der Waals surface area contributed by atoms with E-state index in [-0.39, 0.29) is 6.09 Å². The molecule has 1 aliphatic heterocycles. The Balaban J connectivity index is 2.14. The molecule has 6 heteroatoms. The highest BCUT2D eigenvalue weighted by Crippen LogP contribution is 2.05. The molecule has 0 spiro atoms. The van der Waals surface area contributed by atoms with Gasteiger partial charge in [0.1, 0.15) is 0 Å². The second kappa shape index (κ2) is 9.12. The van der Waals surface area contributed by atoms with Gasteiger partial charge in [-0.05, 0) is 20.3 Å². The van der Waals surface area contributed by atoms with Crippen LogP contribution in [0.3, 0.4) is 0 Å². The summed E-state index contributed by atoms with van der Waals surface area (Å²) in [5.41, 5.74) is 0. The van der Waals surface area contributed by atoms with E-state index >= 15 is 0 Å². The highest BCUT2D eigenvalue weighted by Gasteiger charge is 2.21. The fourth-order valence-electron chi connectivity index (χ4n) is 2.04. The molecule has 1 rings (SSSR count). The van der Waals surface area contributed by atoms with Crippen molar-refractivity contribution < 1.29 is 19.4 Å². The molecule has 0 saturated carbocycles. The van der Waals surface area contributed by atoms with Crippen LogP contribution in [0, 0.1) is 0 Å². The smallest absolute Gasteiger partial charge is 0.409 e. The molecule has 1 amide bonds. The molecule has 1 fully saturated rings. The third kappa shape index (κ3) is 6.22. The Labute approximate surface area is 115 Å². The first-order valence-electron chi connectivity index (χ1n) is 7.07. The number of carbonyl (C=O) groups is 1. The van der Waals surface area contributed by atoms with Crippen molar-refractivity contribution in [3.63, 3.8) is 0 Å². The van der Waals surface area contributed by atoms with Gasteiger partial charge in [-0.2, -0.15) is 0 Å². The van der Waals surface area contributed by atoms with E-state index in [0.29, 0.717) is 39.3 Å². The lowest BCUT2D eigenvalue weighted by molar-refractivity contribution is 0.0275. The quantitative estimate of drug-likeness (QED) is 0.734. The van der Waals surface area contributed by atoms with Crippen LogP contribution in [0.1, 0.15) is 20.3 Å². The maximum atomic E-state index is 11.5. The highest BCUT2D eigenvalue weighted by atomic mass is 16.6. The number of ether oxygens (including phenoxy) is 2. The fraction of sp³-hybridized carbons (Fsp3) is 0.923. The van der Waals surface area contributed by atoms with E-state index in [9.17, 15) is 9.90 Å². The molecule has 19 heavy (non-hydrogen) atoms. The first kappa shape index (κ1) is 16.2. The molecular formula is C13H26N2O4. The predicted octanol–water partition coefficient (Wildman–Crippen LogP) is 0.548.